The van der Waals surface area contributed by atoms with E-state index in [1.165, 1.54) is 0 Å². The molecule has 2 N–H and O–H groups in total. The molecular formula is C17H18ClN3O2. The summed E-state index contributed by atoms with van der Waals surface area (Å²) in [5.41, 5.74) is 4.13. The Morgan fingerprint density at radius 3 is 2.65 bits per heavy atom. The van der Waals surface area contributed by atoms with Crippen molar-refractivity contribution in [2.45, 2.75) is 13.0 Å². The molecule has 0 spiro atoms. The highest BCUT2D eigenvalue weighted by Crippen LogP contribution is 2.15. The monoisotopic (exact) mass is 331 g/mol. The number of methoxy groups -OCH3 is 1. The van der Waals surface area contributed by atoms with Crippen LogP contribution in [0.15, 0.2) is 53.6 Å². The minimum absolute atomic E-state index is 0.237. The van der Waals surface area contributed by atoms with Gasteiger partial charge in [0.05, 0.1) is 13.3 Å². The highest BCUT2D eigenvalue weighted by Gasteiger charge is 2.11. The van der Waals surface area contributed by atoms with Gasteiger partial charge in [0.2, 0.25) is 0 Å². The van der Waals surface area contributed by atoms with Gasteiger partial charge in [-0.15, -0.1) is 0 Å². The summed E-state index contributed by atoms with van der Waals surface area (Å²) >= 11 is 5.88. The third-order valence-electron chi connectivity index (χ3n) is 3.10. The van der Waals surface area contributed by atoms with E-state index in [2.05, 4.69) is 15.8 Å². The predicted octanol–water partition coefficient (Wildman–Crippen LogP) is 3.30. The molecule has 120 valence electrons. The zero-order valence-electron chi connectivity index (χ0n) is 12.9. The third kappa shape index (κ3) is 5.30. The fourth-order valence-corrected chi connectivity index (χ4v) is 2.06. The summed E-state index contributed by atoms with van der Waals surface area (Å²) in [7, 11) is 1.61. The van der Waals surface area contributed by atoms with Gasteiger partial charge in [-0.25, -0.2) is 5.43 Å². The second-order valence-electron chi connectivity index (χ2n) is 4.88. The number of anilines is 1. The van der Waals surface area contributed by atoms with Gasteiger partial charge in [0.25, 0.3) is 5.91 Å². The van der Waals surface area contributed by atoms with Crippen LogP contribution in [-0.2, 0) is 4.79 Å². The molecule has 0 aliphatic carbocycles. The van der Waals surface area contributed by atoms with Gasteiger partial charge in [-0.05, 0) is 48.9 Å². The fourth-order valence-electron chi connectivity index (χ4n) is 1.86. The van der Waals surface area contributed by atoms with Crippen LogP contribution in [0.4, 0.5) is 5.69 Å². The summed E-state index contributed by atoms with van der Waals surface area (Å²) in [6, 6.07) is 14.1. The number of amides is 1. The van der Waals surface area contributed by atoms with Crippen LogP contribution in [0.2, 0.25) is 5.02 Å². The lowest BCUT2D eigenvalue weighted by molar-refractivity contribution is -0.121. The highest BCUT2D eigenvalue weighted by molar-refractivity contribution is 6.30. The Hall–Kier alpha value is -2.53. The summed E-state index contributed by atoms with van der Waals surface area (Å²) in [5.74, 6) is 0.526. The second kappa shape index (κ2) is 8.19. The number of hydrazone groups is 1. The molecule has 2 aromatic carbocycles. The molecule has 2 aromatic rings. The molecular weight excluding hydrogens is 314 g/mol. The number of nitrogens with zero attached hydrogens (tertiary/aromatic N) is 1. The fraction of sp³-hybridized carbons (Fsp3) is 0.176. The molecule has 0 aromatic heterocycles. The van der Waals surface area contributed by atoms with Gasteiger partial charge in [0, 0.05) is 10.7 Å². The lowest BCUT2D eigenvalue weighted by Gasteiger charge is -2.13. The first kappa shape index (κ1) is 16.8. The Labute approximate surface area is 140 Å². The lowest BCUT2D eigenvalue weighted by Crippen LogP contribution is -2.34. The van der Waals surface area contributed by atoms with Crippen molar-refractivity contribution in [2.24, 2.45) is 5.10 Å². The number of benzene rings is 2. The van der Waals surface area contributed by atoms with E-state index in [1.807, 2.05) is 36.4 Å². The van der Waals surface area contributed by atoms with E-state index >= 15 is 0 Å². The minimum Gasteiger partial charge on any atom is -0.497 e. The summed E-state index contributed by atoms with van der Waals surface area (Å²) in [4.78, 5) is 12.0. The molecule has 0 heterocycles. The van der Waals surface area contributed by atoms with E-state index in [0.29, 0.717) is 5.02 Å². The first-order valence-corrected chi connectivity index (χ1v) is 7.45. The van der Waals surface area contributed by atoms with Crippen molar-refractivity contribution in [3.8, 4) is 5.75 Å². The van der Waals surface area contributed by atoms with Crippen LogP contribution >= 0.6 is 11.6 Å². The zero-order chi connectivity index (χ0) is 16.7. The van der Waals surface area contributed by atoms with Crippen LogP contribution < -0.4 is 15.5 Å². The normalized spacial score (nSPS) is 12.0. The predicted molar refractivity (Wildman–Crippen MR) is 93.3 cm³/mol. The maximum absolute atomic E-state index is 12.0. The van der Waals surface area contributed by atoms with Crippen LogP contribution in [0.5, 0.6) is 5.75 Å². The number of carbonyl (C=O) groups is 1. The largest absolute Gasteiger partial charge is 0.497 e. The van der Waals surface area contributed by atoms with Crippen LogP contribution in [0, 0.1) is 0 Å². The van der Waals surface area contributed by atoms with Crippen LogP contribution in [-0.4, -0.2) is 25.3 Å². The molecule has 2 rings (SSSR count). The SMILES string of the molecule is COc1ccc(N[C@H](C)C(=O)N/N=C\c2cccc(Cl)c2)cc1. The molecule has 6 heteroatoms. The van der Waals surface area contributed by atoms with Gasteiger partial charge in [-0.2, -0.15) is 5.10 Å². The van der Waals surface area contributed by atoms with E-state index in [4.69, 9.17) is 16.3 Å². The average Bonchev–Trinajstić information content (AvgIpc) is 2.55. The molecule has 1 atom stereocenters. The molecule has 0 aliphatic heterocycles. The standard InChI is InChI=1S/C17H18ClN3O2/c1-12(20-15-6-8-16(23-2)9-7-15)17(22)21-19-11-13-4-3-5-14(18)10-13/h3-12,20H,1-2H3,(H,21,22)/b19-11-/t12-/m1/s1. The van der Waals surface area contributed by atoms with E-state index in [9.17, 15) is 4.79 Å². The molecule has 0 fully saturated rings. The van der Waals surface area contributed by atoms with E-state index < -0.39 is 6.04 Å². The van der Waals surface area contributed by atoms with Crippen LogP contribution in [0.1, 0.15) is 12.5 Å². The maximum Gasteiger partial charge on any atom is 0.262 e. The van der Waals surface area contributed by atoms with Gasteiger partial charge in [-0.3, -0.25) is 4.79 Å². The van der Waals surface area contributed by atoms with Crippen molar-refractivity contribution >= 4 is 29.4 Å². The van der Waals surface area contributed by atoms with Crippen molar-refractivity contribution in [2.75, 3.05) is 12.4 Å². The van der Waals surface area contributed by atoms with Crippen molar-refractivity contribution < 1.29 is 9.53 Å². The van der Waals surface area contributed by atoms with Gasteiger partial charge >= 0.3 is 0 Å². The zero-order valence-corrected chi connectivity index (χ0v) is 13.7. The third-order valence-corrected chi connectivity index (χ3v) is 3.34. The molecule has 0 radical (unpaired) electrons. The number of ether oxygens (including phenoxy) is 1. The number of rotatable bonds is 6. The molecule has 1 amide bonds. The lowest BCUT2D eigenvalue weighted by atomic mass is 10.2. The quantitative estimate of drug-likeness (QED) is 0.630. The molecule has 0 saturated heterocycles. The summed E-state index contributed by atoms with van der Waals surface area (Å²) in [6.07, 6.45) is 1.55. The molecule has 23 heavy (non-hydrogen) atoms. The van der Waals surface area contributed by atoms with Crippen molar-refractivity contribution in [1.82, 2.24) is 5.43 Å². The highest BCUT2D eigenvalue weighted by atomic mass is 35.5. The smallest absolute Gasteiger partial charge is 0.262 e. The number of nitrogens with one attached hydrogen (secondary N) is 2. The first-order valence-electron chi connectivity index (χ1n) is 7.07. The number of carbonyl (C=O) groups excluding carboxylic acids is 1. The Balaban J connectivity index is 1.86. The molecule has 0 unspecified atom stereocenters. The number of hydrogen-bond acceptors (Lipinski definition) is 4. The number of halogens is 1. The van der Waals surface area contributed by atoms with Crippen molar-refractivity contribution in [1.29, 1.82) is 0 Å². The van der Waals surface area contributed by atoms with Crippen LogP contribution in [0.25, 0.3) is 0 Å². The Kier molecular flexibility index (Phi) is 6.00. The summed E-state index contributed by atoms with van der Waals surface area (Å²) in [6.45, 7) is 1.76. The Morgan fingerprint density at radius 2 is 2.00 bits per heavy atom. The second-order valence-corrected chi connectivity index (χ2v) is 5.32. The van der Waals surface area contributed by atoms with Gasteiger partial charge in [0.15, 0.2) is 0 Å². The van der Waals surface area contributed by atoms with Crippen LogP contribution in [0.3, 0.4) is 0 Å². The molecule has 0 bridgehead atoms. The van der Waals surface area contributed by atoms with Crippen molar-refractivity contribution in [3.63, 3.8) is 0 Å². The number of hydrogen-bond donors (Lipinski definition) is 2. The maximum atomic E-state index is 12.0. The molecule has 0 aliphatic rings. The first-order chi connectivity index (χ1) is 11.1. The minimum atomic E-state index is -0.431. The Bertz CT molecular complexity index is 686. The summed E-state index contributed by atoms with van der Waals surface area (Å²) in [5, 5.41) is 7.64. The van der Waals surface area contributed by atoms with Gasteiger partial charge in [-0.1, -0.05) is 23.7 Å². The van der Waals surface area contributed by atoms with Gasteiger partial charge < -0.3 is 10.1 Å². The van der Waals surface area contributed by atoms with E-state index in [0.717, 1.165) is 17.0 Å². The summed E-state index contributed by atoms with van der Waals surface area (Å²) < 4.78 is 5.09. The molecule has 5 nitrogen and oxygen atoms in total. The van der Waals surface area contributed by atoms with Crippen molar-refractivity contribution in [3.05, 3.63) is 59.1 Å². The topological polar surface area (TPSA) is 62.7 Å². The molecule has 0 saturated carbocycles. The van der Waals surface area contributed by atoms with E-state index in [1.54, 1.807) is 32.4 Å². The average molecular weight is 332 g/mol. The van der Waals surface area contributed by atoms with Gasteiger partial charge in [0.1, 0.15) is 11.8 Å². The Morgan fingerprint density at radius 1 is 1.26 bits per heavy atom. The van der Waals surface area contributed by atoms with E-state index in [-0.39, 0.29) is 5.91 Å².